The summed E-state index contributed by atoms with van der Waals surface area (Å²) in [5.41, 5.74) is -3.09. The van der Waals surface area contributed by atoms with Crippen molar-refractivity contribution in [2.24, 2.45) is 17.3 Å². The highest BCUT2D eigenvalue weighted by atomic mass is 16.4. The molecule has 0 spiro atoms. The van der Waals surface area contributed by atoms with E-state index in [1.165, 1.54) is 0 Å². The predicted octanol–water partition coefficient (Wildman–Crippen LogP) is -2.43. The smallest absolute Gasteiger partial charge is 0.311 e. The Morgan fingerprint density at radius 3 is 1.27 bits per heavy atom. The van der Waals surface area contributed by atoms with Crippen LogP contribution in [0.1, 0.15) is 33.1 Å². The minimum absolute atomic E-state index is 0.779. The standard InChI is InChI=1S/C18H26O12/c1-8(21)3-10(23)15(12(25)6-19)18(17(29)30,5-14(27)28)16(13(26)7-20)11(24)4-9(2)22/h12-13,15-16,19-20,25-26H,3-7H2,1-2H3,(H,27,28)(H,29,30). The molecule has 0 aliphatic heterocycles. The molecule has 0 aromatic carbocycles. The van der Waals surface area contributed by atoms with Gasteiger partial charge in [-0.1, -0.05) is 0 Å². The van der Waals surface area contributed by atoms with E-state index in [-0.39, 0.29) is 0 Å². The lowest BCUT2D eigenvalue weighted by atomic mass is 9.58. The van der Waals surface area contributed by atoms with E-state index >= 15 is 0 Å². The van der Waals surface area contributed by atoms with Gasteiger partial charge in [-0.15, -0.1) is 0 Å². The molecule has 4 unspecified atom stereocenters. The molecule has 0 bridgehead atoms. The third-order valence-electron chi connectivity index (χ3n) is 4.64. The zero-order valence-corrected chi connectivity index (χ0v) is 16.5. The first-order valence-electron chi connectivity index (χ1n) is 8.83. The molecule has 0 amide bonds. The monoisotopic (exact) mass is 434 g/mol. The topological polar surface area (TPSA) is 224 Å². The lowest BCUT2D eigenvalue weighted by Crippen LogP contribution is -2.60. The number of aliphatic carboxylic acids is 2. The molecule has 0 aliphatic carbocycles. The van der Waals surface area contributed by atoms with Crippen molar-refractivity contribution < 1.29 is 59.4 Å². The fourth-order valence-corrected chi connectivity index (χ4v) is 3.62. The number of ketones is 4. The van der Waals surface area contributed by atoms with Crippen LogP contribution in [0.15, 0.2) is 0 Å². The van der Waals surface area contributed by atoms with Gasteiger partial charge in [0.1, 0.15) is 28.5 Å². The summed E-state index contributed by atoms with van der Waals surface area (Å²) in [7, 11) is 0. The molecule has 0 aliphatic rings. The Morgan fingerprint density at radius 2 is 1.07 bits per heavy atom. The first-order chi connectivity index (χ1) is 13.8. The fraction of sp³-hybridized carbons (Fsp3) is 0.667. The molecule has 0 aromatic rings. The number of carboxylic acids is 2. The normalized spacial score (nSPS) is 17.1. The van der Waals surface area contributed by atoms with E-state index in [2.05, 4.69) is 0 Å². The summed E-state index contributed by atoms with van der Waals surface area (Å²) in [5, 5.41) is 58.4. The quantitative estimate of drug-likeness (QED) is 0.148. The Balaban J connectivity index is 7.13. The van der Waals surface area contributed by atoms with Crippen LogP contribution in [0.4, 0.5) is 0 Å². The van der Waals surface area contributed by atoms with Gasteiger partial charge in [-0.3, -0.25) is 28.8 Å². The molecule has 0 heterocycles. The molecule has 4 atom stereocenters. The number of carbonyl (C=O) groups excluding carboxylic acids is 4. The van der Waals surface area contributed by atoms with Crippen molar-refractivity contribution in [2.45, 2.75) is 45.3 Å². The number of hydrogen-bond donors (Lipinski definition) is 6. The molecule has 6 N–H and O–H groups in total. The van der Waals surface area contributed by atoms with Crippen molar-refractivity contribution in [3.05, 3.63) is 0 Å². The number of hydrogen-bond acceptors (Lipinski definition) is 10. The lowest BCUT2D eigenvalue weighted by Gasteiger charge is -2.43. The van der Waals surface area contributed by atoms with Crippen molar-refractivity contribution in [2.75, 3.05) is 13.2 Å². The SMILES string of the molecule is CC(=O)CC(=O)C(C(O)CO)C(CC(=O)O)(C(=O)O)C(C(=O)CC(C)=O)C(O)CO. The second-order valence-corrected chi connectivity index (χ2v) is 7.06. The van der Waals surface area contributed by atoms with Gasteiger partial charge in [0.05, 0.1) is 56.5 Å². The van der Waals surface area contributed by atoms with E-state index in [9.17, 15) is 59.4 Å². The lowest BCUT2D eigenvalue weighted by molar-refractivity contribution is -0.182. The molecule has 0 fully saturated rings. The van der Waals surface area contributed by atoms with E-state index in [1.54, 1.807) is 0 Å². The summed E-state index contributed by atoms with van der Waals surface area (Å²) >= 11 is 0. The highest BCUT2D eigenvalue weighted by Crippen LogP contribution is 2.45. The molecule has 12 heteroatoms. The Bertz CT molecular complexity index is 655. The zero-order chi connectivity index (χ0) is 23.8. The maximum Gasteiger partial charge on any atom is 0.311 e. The van der Waals surface area contributed by atoms with Gasteiger partial charge in [-0.25, -0.2) is 0 Å². The Morgan fingerprint density at radius 1 is 0.733 bits per heavy atom. The number of Topliss-reactive ketones (excluding diaryl/α,β-unsaturated/α-hetero) is 4. The van der Waals surface area contributed by atoms with Gasteiger partial charge in [-0.2, -0.15) is 0 Å². The summed E-state index contributed by atoms with van der Waals surface area (Å²) < 4.78 is 0. The van der Waals surface area contributed by atoms with Crippen LogP contribution in [0.25, 0.3) is 0 Å². The highest BCUT2D eigenvalue weighted by molar-refractivity contribution is 6.05. The van der Waals surface area contributed by atoms with Gasteiger partial charge >= 0.3 is 11.9 Å². The van der Waals surface area contributed by atoms with Crippen LogP contribution in [0, 0.1) is 17.3 Å². The molecule has 0 aromatic heterocycles. The number of aliphatic hydroxyl groups is 4. The van der Waals surface area contributed by atoms with E-state index < -0.39 is 97.0 Å². The van der Waals surface area contributed by atoms with Gasteiger partial charge in [0.2, 0.25) is 0 Å². The molecule has 0 radical (unpaired) electrons. The third-order valence-corrected chi connectivity index (χ3v) is 4.64. The highest BCUT2D eigenvalue weighted by Gasteiger charge is 2.61. The Kier molecular flexibility index (Phi) is 10.6. The predicted molar refractivity (Wildman–Crippen MR) is 96.1 cm³/mol. The van der Waals surface area contributed by atoms with E-state index in [4.69, 9.17) is 0 Å². The Hall–Kier alpha value is -2.54. The number of carbonyl (C=O) groups is 6. The van der Waals surface area contributed by atoms with Crippen molar-refractivity contribution in [1.82, 2.24) is 0 Å². The van der Waals surface area contributed by atoms with Crippen LogP contribution in [-0.2, 0) is 28.8 Å². The van der Waals surface area contributed by atoms with Gasteiger partial charge in [-0.05, 0) is 13.8 Å². The molecule has 170 valence electrons. The minimum Gasteiger partial charge on any atom is -0.481 e. The van der Waals surface area contributed by atoms with E-state index in [0.717, 1.165) is 13.8 Å². The molecule has 0 rings (SSSR count). The van der Waals surface area contributed by atoms with E-state index in [0.29, 0.717) is 0 Å². The average Bonchev–Trinajstić information content (AvgIpc) is 2.59. The van der Waals surface area contributed by atoms with Gasteiger partial charge in [0.25, 0.3) is 0 Å². The molecule has 30 heavy (non-hydrogen) atoms. The molecular formula is C18H26O12. The second kappa shape index (κ2) is 11.6. The molecule has 0 saturated heterocycles. The summed E-state index contributed by atoms with van der Waals surface area (Å²) in [5.74, 6) is -12.8. The van der Waals surface area contributed by atoms with Crippen LogP contribution < -0.4 is 0 Å². The van der Waals surface area contributed by atoms with Crippen LogP contribution in [0.2, 0.25) is 0 Å². The summed E-state index contributed by atoms with van der Waals surface area (Å²) in [6.07, 6.45) is -7.88. The van der Waals surface area contributed by atoms with Crippen LogP contribution in [0.5, 0.6) is 0 Å². The maximum atomic E-state index is 12.7. The van der Waals surface area contributed by atoms with Gasteiger partial charge < -0.3 is 30.6 Å². The molecule has 0 saturated carbocycles. The van der Waals surface area contributed by atoms with E-state index in [1.807, 2.05) is 0 Å². The number of aliphatic hydroxyl groups excluding tert-OH is 4. The van der Waals surface area contributed by atoms with Crippen LogP contribution >= 0.6 is 0 Å². The summed E-state index contributed by atoms with van der Waals surface area (Å²) in [4.78, 5) is 72.0. The Labute approximate surface area is 171 Å². The fourth-order valence-electron chi connectivity index (χ4n) is 3.62. The minimum atomic E-state index is -3.09. The third kappa shape index (κ3) is 6.49. The summed E-state index contributed by atoms with van der Waals surface area (Å²) in [6, 6.07) is 0. The van der Waals surface area contributed by atoms with Crippen LogP contribution in [-0.4, -0.2) is 91.1 Å². The number of rotatable bonds is 15. The van der Waals surface area contributed by atoms with Gasteiger partial charge in [0.15, 0.2) is 0 Å². The van der Waals surface area contributed by atoms with Crippen molar-refractivity contribution in [3.8, 4) is 0 Å². The molecule has 12 nitrogen and oxygen atoms in total. The first-order valence-corrected chi connectivity index (χ1v) is 8.83. The van der Waals surface area contributed by atoms with Crippen molar-refractivity contribution in [1.29, 1.82) is 0 Å². The van der Waals surface area contributed by atoms with Crippen molar-refractivity contribution >= 4 is 35.1 Å². The summed E-state index contributed by atoms with van der Waals surface area (Å²) in [6.45, 7) is -0.570. The molecular weight excluding hydrogens is 408 g/mol. The second-order valence-electron chi connectivity index (χ2n) is 7.06. The van der Waals surface area contributed by atoms with Gasteiger partial charge in [0, 0.05) is 0 Å². The van der Waals surface area contributed by atoms with Crippen LogP contribution in [0.3, 0.4) is 0 Å². The van der Waals surface area contributed by atoms with Crippen molar-refractivity contribution in [3.63, 3.8) is 0 Å². The first kappa shape index (κ1) is 27.5. The number of carboxylic acid groups (broad SMARTS) is 2. The zero-order valence-electron chi connectivity index (χ0n) is 16.5. The average molecular weight is 434 g/mol. The largest absolute Gasteiger partial charge is 0.481 e. The maximum absolute atomic E-state index is 12.7.